The molecule has 0 aromatic carbocycles. The van der Waals surface area contributed by atoms with Gasteiger partial charge in [-0.3, -0.25) is 4.79 Å². The molecule has 3 heteroatoms. The monoisotopic (exact) mass is 183 g/mol. The Morgan fingerprint density at radius 1 is 1.23 bits per heavy atom. The van der Waals surface area contributed by atoms with E-state index >= 15 is 0 Å². The van der Waals surface area contributed by atoms with E-state index in [-0.39, 0.29) is 17.1 Å². The Morgan fingerprint density at radius 2 is 1.69 bits per heavy atom. The van der Waals surface area contributed by atoms with Crippen LogP contribution >= 0.6 is 0 Å². The van der Waals surface area contributed by atoms with Gasteiger partial charge in [0.1, 0.15) is 0 Å². The molecule has 13 heavy (non-hydrogen) atoms. The van der Waals surface area contributed by atoms with E-state index in [0.717, 1.165) is 12.8 Å². The van der Waals surface area contributed by atoms with Crippen LogP contribution in [0.1, 0.15) is 40.5 Å². The topological polar surface area (TPSA) is 41.1 Å². The summed E-state index contributed by atoms with van der Waals surface area (Å²) in [5.74, 6) is 0. The van der Waals surface area contributed by atoms with E-state index in [0.29, 0.717) is 0 Å². The molecule has 0 spiro atoms. The van der Waals surface area contributed by atoms with Gasteiger partial charge in [0.05, 0.1) is 0 Å². The zero-order valence-electron chi connectivity index (χ0n) is 8.90. The van der Waals surface area contributed by atoms with Crippen LogP contribution in [-0.2, 0) is 4.79 Å². The highest BCUT2D eigenvalue weighted by Gasteiger charge is 2.37. The highest BCUT2D eigenvalue weighted by molar-refractivity contribution is 5.47. The minimum atomic E-state index is 0.0935. The third kappa shape index (κ3) is 2.99. The summed E-state index contributed by atoms with van der Waals surface area (Å²) in [6, 6.07) is 0.253. The first-order valence-corrected chi connectivity index (χ1v) is 4.77. The van der Waals surface area contributed by atoms with Crippen molar-refractivity contribution < 1.29 is 4.79 Å². The molecule has 0 aliphatic carbocycles. The smallest absolute Gasteiger partial charge is 0.309 e. The van der Waals surface area contributed by atoms with E-state index < -0.39 is 0 Å². The van der Waals surface area contributed by atoms with Crippen LogP contribution in [0.5, 0.6) is 0 Å². The van der Waals surface area contributed by atoms with Crippen molar-refractivity contribution in [1.29, 1.82) is 0 Å². The minimum absolute atomic E-state index is 0.0935. The molecule has 1 radical (unpaired) electrons. The molecule has 1 rings (SSSR count). The van der Waals surface area contributed by atoms with Crippen molar-refractivity contribution in [3.05, 3.63) is 0 Å². The Balaban J connectivity index is 2.66. The SMILES string of the molecule is CC1(C)CC(N[C]=O)CC(C)(C)N1. The summed E-state index contributed by atoms with van der Waals surface area (Å²) >= 11 is 0. The van der Waals surface area contributed by atoms with E-state index in [2.05, 4.69) is 38.3 Å². The first-order valence-electron chi connectivity index (χ1n) is 4.77. The van der Waals surface area contributed by atoms with Gasteiger partial charge in [-0.2, -0.15) is 0 Å². The van der Waals surface area contributed by atoms with Gasteiger partial charge in [0.15, 0.2) is 0 Å². The van der Waals surface area contributed by atoms with Gasteiger partial charge in [0, 0.05) is 17.1 Å². The summed E-state index contributed by atoms with van der Waals surface area (Å²) in [5, 5.41) is 6.30. The third-order valence-corrected chi connectivity index (χ3v) is 2.45. The molecule has 1 fully saturated rings. The van der Waals surface area contributed by atoms with Crippen LogP contribution in [0.3, 0.4) is 0 Å². The van der Waals surface area contributed by atoms with Crippen molar-refractivity contribution in [2.75, 3.05) is 0 Å². The van der Waals surface area contributed by atoms with Gasteiger partial charge >= 0.3 is 6.41 Å². The van der Waals surface area contributed by atoms with Crippen LogP contribution in [0.25, 0.3) is 0 Å². The second-order valence-corrected chi connectivity index (χ2v) is 5.24. The molecular formula is C10H19N2O. The normalized spacial score (nSPS) is 26.8. The summed E-state index contributed by atoms with van der Waals surface area (Å²) in [6.45, 7) is 8.64. The van der Waals surface area contributed by atoms with Gasteiger partial charge in [0.25, 0.3) is 0 Å². The summed E-state index contributed by atoms with van der Waals surface area (Å²) in [7, 11) is 0. The number of amides is 1. The van der Waals surface area contributed by atoms with Gasteiger partial charge in [-0.05, 0) is 40.5 Å². The lowest BCUT2D eigenvalue weighted by atomic mass is 9.80. The fourth-order valence-electron chi connectivity index (χ4n) is 2.51. The number of hydrogen-bond donors (Lipinski definition) is 2. The van der Waals surface area contributed by atoms with Crippen molar-refractivity contribution in [2.24, 2.45) is 0 Å². The number of carbonyl (C=O) groups excluding carboxylic acids is 1. The fourth-order valence-corrected chi connectivity index (χ4v) is 2.51. The summed E-state index contributed by atoms with van der Waals surface area (Å²) < 4.78 is 0. The lowest BCUT2D eigenvalue weighted by Crippen LogP contribution is -2.61. The maximum Gasteiger partial charge on any atom is 0.309 e. The standard InChI is InChI=1S/C10H19N2O/c1-9(2)5-8(11-7-13)6-10(3,4)12-9/h8,12H,5-6H2,1-4H3,(H,11,13). The van der Waals surface area contributed by atoms with Crippen molar-refractivity contribution in [2.45, 2.75) is 57.7 Å². The van der Waals surface area contributed by atoms with Gasteiger partial charge in [-0.25, -0.2) is 0 Å². The van der Waals surface area contributed by atoms with Gasteiger partial charge < -0.3 is 10.6 Å². The fraction of sp³-hybridized carbons (Fsp3) is 0.900. The van der Waals surface area contributed by atoms with Crippen LogP contribution in [0.2, 0.25) is 0 Å². The van der Waals surface area contributed by atoms with E-state index in [1.165, 1.54) is 0 Å². The second-order valence-electron chi connectivity index (χ2n) is 5.24. The lowest BCUT2D eigenvalue weighted by molar-refractivity contribution is 0.155. The summed E-state index contributed by atoms with van der Waals surface area (Å²) in [4.78, 5) is 10.2. The van der Waals surface area contributed by atoms with E-state index in [9.17, 15) is 4.79 Å². The summed E-state index contributed by atoms with van der Waals surface area (Å²) in [6.07, 6.45) is 3.71. The number of piperidine rings is 1. The molecule has 1 aliphatic rings. The predicted octanol–water partition coefficient (Wildman–Crippen LogP) is 0.952. The molecule has 1 amide bonds. The molecule has 3 nitrogen and oxygen atoms in total. The molecule has 1 aliphatic heterocycles. The number of nitrogens with one attached hydrogen (secondary N) is 2. The summed E-state index contributed by atoms with van der Waals surface area (Å²) in [5.41, 5.74) is 0.187. The largest absolute Gasteiger partial charge is 0.345 e. The average Bonchev–Trinajstić information content (AvgIpc) is 1.78. The van der Waals surface area contributed by atoms with Crippen LogP contribution in [0, 0.1) is 0 Å². The average molecular weight is 183 g/mol. The Bertz CT molecular complexity index is 183. The highest BCUT2D eigenvalue weighted by Crippen LogP contribution is 2.28. The van der Waals surface area contributed by atoms with Gasteiger partial charge in [0.2, 0.25) is 0 Å². The van der Waals surface area contributed by atoms with Gasteiger partial charge in [-0.15, -0.1) is 0 Å². The highest BCUT2D eigenvalue weighted by atomic mass is 16.1. The van der Waals surface area contributed by atoms with E-state index in [4.69, 9.17) is 0 Å². The predicted molar refractivity (Wildman–Crippen MR) is 53.1 cm³/mol. The molecule has 0 bridgehead atoms. The minimum Gasteiger partial charge on any atom is -0.345 e. The van der Waals surface area contributed by atoms with Crippen LogP contribution in [0.4, 0.5) is 0 Å². The lowest BCUT2D eigenvalue weighted by Gasteiger charge is -2.46. The molecule has 0 atom stereocenters. The van der Waals surface area contributed by atoms with Crippen LogP contribution < -0.4 is 10.6 Å². The second kappa shape index (κ2) is 3.29. The van der Waals surface area contributed by atoms with Crippen molar-refractivity contribution >= 4 is 6.41 Å². The maximum absolute atomic E-state index is 10.2. The Hall–Kier alpha value is -0.570. The molecule has 0 saturated carbocycles. The zero-order chi connectivity index (χ0) is 10.1. The molecular weight excluding hydrogens is 164 g/mol. The van der Waals surface area contributed by atoms with Crippen LogP contribution in [-0.4, -0.2) is 23.5 Å². The molecule has 2 N–H and O–H groups in total. The van der Waals surface area contributed by atoms with E-state index in [1.54, 1.807) is 6.41 Å². The quantitative estimate of drug-likeness (QED) is 0.626. The molecule has 0 unspecified atom stereocenters. The van der Waals surface area contributed by atoms with Crippen molar-refractivity contribution in [1.82, 2.24) is 10.6 Å². The zero-order valence-corrected chi connectivity index (χ0v) is 8.90. The molecule has 1 saturated heterocycles. The molecule has 0 aromatic rings. The van der Waals surface area contributed by atoms with Crippen molar-refractivity contribution in [3.8, 4) is 0 Å². The van der Waals surface area contributed by atoms with Gasteiger partial charge in [-0.1, -0.05) is 0 Å². The molecule has 75 valence electrons. The van der Waals surface area contributed by atoms with Crippen molar-refractivity contribution in [3.63, 3.8) is 0 Å². The third-order valence-electron chi connectivity index (χ3n) is 2.45. The Labute approximate surface area is 80.3 Å². The number of hydrogen-bond acceptors (Lipinski definition) is 2. The maximum atomic E-state index is 10.2. The number of rotatable bonds is 2. The first-order chi connectivity index (χ1) is 5.85. The van der Waals surface area contributed by atoms with E-state index in [1.807, 2.05) is 0 Å². The Kier molecular flexibility index (Phi) is 2.66. The van der Waals surface area contributed by atoms with Crippen LogP contribution in [0.15, 0.2) is 0 Å². The first kappa shape index (κ1) is 10.5. The molecule has 1 heterocycles. The molecule has 0 aromatic heterocycles. The Morgan fingerprint density at radius 3 is 2.08 bits per heavy atom.